The summed E-state index contributed by atoms with van der Waals surface area (Å²) in [5.41, 5.74) is 1.01. The summed E-state index contributed by atoms with van der Waals surface area (Å²) in [7, 11) is 1.77. The molecule has 2 rings (SSSR count). The summed E-state index contributed by atoms with van der Waals surface area (Å²) >= 11 is 0. The molecule has 1 aromatic rings. The molecule has 0 heterocycles. The van der Waals surface area contributed by atoms with E-state index in [0.717, 1.165) is 43.5 Å². The summed E-state index contributed by atoms with van der Waals surface area (Å²) in [5, 5.41) is 9.42. The first kappa shape index (κ1) is 26.5. The van der Waals surface area contributed by atoms with Crippen molar-refractivity contribution in [3.8, 4) is 5.75 Å². The predicted octanol–water partition coefficient (Wildman–Crippen LogP) is 3.79. The standard InChI is InChI=1S/C22H36N4O3.HI/c1-4-23-21(25-17-22(12-14-28-3)10-5-6-11-22)24-13-15-29-20-9-7-8-19(16-20)26-18(2)27;/h7-9,16H,4-6,10-15,17H2,1-3H3,(H,26,27)(H2,23,24,25);1H. The Morgan fingerprint density at radius 2 is 1.97 bits per heavy atom. The van der Waals surface area contributed by atoms with Crippen LogP contribution in [-0.2, 0) is 9.53 Å². The van der Waals surface area contributed by atoms with Gasteiger partial charge in [-0.2, -0.15) is 0 Å². The van der Waals surface area contributed by atoms with E-state index >= 15 is 0 Å². The smallest absolute Gasteiger partial charge is 0.221 e. The fourth-order valence-corrected chi connectivity index (χ4v) is 3.72. The van der Waals surface area contributed by atoms with E-state index in [2.05, 4.69) is 22.9 Å². The van der Waals surface area contributed by atoms with Crippen LogP contribution in [0, 0.1) is 5.41 Å². The highest BCUT2D eigenvalue weighted by atomic mass is 127. The molecule has 3 N–H and O–H groups in total. The molecule has 0 saturated heterocycles. The fourth-order valence-electron chi connectivity index (χ4n) is 3.72. The second kappa shape index (κ2) is 14.5. The number of guanidine groups is 1. The topological polar surface area (TPSA) is 84.0 Å². The van der Waals surface area contributed by atoms with Gasteiger partial charge in [-0.15, -0.1) is 24.0 Å². The first-order valence-corrected chi connectivity index (χ1v) is 10.6. The Morgan fingerprint density at radius 3 is 2.63 bits per heavy atom. The first-order valence-electron chi connectivity index (χ1n) is 10.6. The molecule has 1 fully saturated rings. The SMILES string of the molecule is CCNC(=NCC1(CCOC)CCCC1)NCCOc1cccc(NC(C)=O)c1.I. The van der Waals surface area contributed by atoms with Crippen LogP contribution in [0.15, 0.2) is 29.3 Å². The highest BCUT2D eigenvalue weighted by Crippen LogP contribution is 2.41. The molecular formula is C22H37IN4O3. The number of anilines is 1. The van der Waals surface area contributed by atoms with Crippen molar-refractivity contribution in [2.24, 2.45) is 10.4 Å². The number of ether oxygens (including phenoxy) is 2. The van der Waals surface area contributed by atoms with Gasteiger partial charge in [-0.25, -0.2) is 0 Å². The van der Waals surface area contributed by atoms with E-state index in [4.69, 9.17) is 14.5 Å². The van der Waals surface area contributed by atoms with Gasteiger partial charge < -0.3 is 25.4 Å². The minimum atomic E-state index is -0.0964. The normalized spacial score (nSPS) is 15.2. The largest absolute Gasteiger partial charge is 0.492 e. The molecule has 0 atom stereocenters. The number of carbonyl (C=O) groups excluding carboxylic acids is 1. The zero-order valence-corrected chi connectivity index (χ0v) is 20.8. The lowest BCUT2D eigenvalue weighted by atomic mass is 9.83. The summed E-state index contributed by atoms with van der Waals surface area (Å²) in [5.74, 6) is 1.46. The van der Waals surface area contributed by atoms with Gasteiger partial charge in [0.05, 0.1) is 6.54 Å². The number of rotatable bonds is 11. The summed E-state index contributed by atoms with van der Waals surface area (Å²) in [4.78, 5) is 16.0. The maximum atomic E-state index is 11.2. The molecule has 0 aliphatic heterocycles. The molecule has 1 saturated carbocycles. The number of nitrogens with zero attached hydrogens (tertiary/aromatic N) is 1. The Hall–Kier alpha value is -1.55. The van der Waals surface area contributed by atoms with Crippen LogP contribution in [0.4, 0.5) is 5.69 Å². The third kappa shape index (κ3) is 9.51. The van der Waals surface area contributed by atoms with E-state index in [-0.39, 0.29) is 35.3 Å². The molecule has 1 amide bonds. The summed E-state index contributed by atoms with van der Waals surface area (Å²) < 4.78 is 11.1. The molecule has 1 aliphatic rings. The number of methoxy groups -OCH3 is 1. The molecule has 8 heteroatoms. The second-order valence-corrected chi connectivity index (χ2v) is 7.63. The van der Waals surface area contributed by atoms with E-state index in [9.17, 15) is 4.79 Å². The minimum absolute atomic E-state index is 0. The van der Waals surface area contributed by atoms with Gasteiger partial charge in [-0.1, -0.05) is 18.9 Å². The van der Waals surface area contributed by atoms with Gasteiger partial charge in [0, 0.05) is 45.5 Å². The van der Waals surface area contributed by atoms with Crippen molar-refractivity contribution in [3.05, 3.63) is 24.3 Å². The minimum Gasteiger partial charge on any atom is -0.492 e. The van der Waals surface area contributed by atoms with Crippen LogP contribution in [0.3, 0.4) is 0 Å². The molecule has 0 bridgehead atoms. The zero-order chi connectivity index (χ0) is 21.0. The van der Waals surface area contributed by atoms with Gasteiger partial charge in [-0.3, -0.25) is 9.79 Å². The number of nitrogens with one attached hydrogen (secondary N) is 3. The number of benzene rings is 1. The van der Waals surface area contributed by atoms with Crippen LogP contribution in [0.5, 0.6) is 5.75 Å². The lowest BCUT2D eigenvalue weighted by Gasteiger charge is -2.27. The molecule has 1 aliphatic carbocycles. The molecule has 1 aromatic carbocycles. The van der Waals surface area contributed by atoms with E-state index in [1.165, 1.54) is 32.6 Å². The maximum Gasteiger partial charge on any atom is 0.221 e. The van der Waals surface area contributed by atoms with E-state index in [1.807, 2.05) is 24.3 Å². The van der Waals surface area contributed by atoms with Gasteiger partial charge in [0.1, 0.15) is 12.4 Å². The second-order valence-electron chi connectivity index (χ2n) is 7.63. The van der Waals surface area contributed by atoms with Crippen molar-refractivity contribution in [1.82, 2.24) is 10.6 Å². The van der Waals surface area contributed by atoms with Gasteiger partial charge in [0.25, 0.3) is 0 Å². The van der Waals surface area contributed by atoms with Crippen molar-refractivity contribution in [2.75, 3.05) is 45.3 Å². The lowest BCUT2D eigenvalue weighted by molar-refractivity contribution is -0.114. The summed E-state index contributed by atoms with van der Waals surface area (Å²) in [6.07, 6.45) is 6.10. The predicted molar refractivity (Wildman–Crippen MR) is 133 cm³/mol. The van der Waals surface area contributed by atoms with Crippen LogP contribution in [0.2, 0.25) is 0 Å². The highest BCUT2D eigenvalue weighted by molar-refractivity contribution is 14.0. The van der Waals surface area contributed by atoms with Gasteiger partial charge in [0.15, 0.2) is 5.96 Å². The van der Waals surface area contributed by atoms with Crippen molar-refractivity contribution in [2.45, 2.75) is 46.0 Å². The monoisotopic (exact) mass is 532 g/mol. The Bertz CT molecular complexity index is 664. The van der Waals surface area contributed by atoms with Gasteiger partial charge in [0.2, 0.25) is 5.91 Å². The fraction of sp³-hybridized carbons (Fsp3) is 0.636. The molecule has 0 spiro atoms. The van der Waals surface area contributed by atoms with E-state index in [1.54, 1.807) is 7.11 Å². The number of aliphatic imine (C=N–C) groups is 1. The van der Waals surface area contributed by atoms with Crippen molar-refractivity contribution >= 4 is 41.5 Å². The Labute approximate surface area is 197 Å². The molecule has 170 valence electrons. The molecular weight excluding hydrogens is 495 g/mol. The lowest BCUT2D eigenvalue weighted by Crippen LogP contribution is -2.40. The highest BCUT2D eigenvalue weighted by Gasteiger charge is 2.33. The van der Waals surface area contributed by atoms with Crippen molar-refractivity contribution < 1.29 is 14.3 Å². The number of carbonyl (C=O) groups is 1. The number of amides is 1. The number of hydrogen-bond acceptors (Lipinski definition) is 4. The van der Waals surface area contributed by atoms with E-state index in [0.29, 0.717) is 13.2 Å². The molecule has 0 radical (unpaired) electrons. The Balaban J connectivity index is 0.00000450. The first-order chi connectivity index (χ1) is 14.1. The Morgan fingerprint density at radius 1 is 1.20 bits per heavy atom. The molecule has 7 nitrogen and oxygen atoms in total. The number of halogens is 1. The average Bonchev–Trinajstić information content (AvgIpc) is 3.17. The Kier molecular flexibility index (Phi) is 12.8. The van der Waals surface area contributed by atoms with Crippen molar-refractivity contribution in [1.29, 1.82) is 0 Å². The van der Waals surface area contributed by atoms with Crippen molar-refractivity contribution in [3.63, 3.8) is 0 Å². The average molecular weight is 532 g/mol. The van der Waals surface area contributed by atoms with Crippen LogP contribution in [0.1, 0.15) is 46.0 Å². The van der Waals surface area contributed by atoms with Gasteiger partial charge in [-0.05, 0) is 43.7 Å². The summed E-state index contributed by atoms with van der Waals surface area (Å²) in [6.45, 7) is 7.14. The molecule has 0 unspecified atom stereocenters. The molecule has 30 heavy (non-hydrogen) atoms. The van der Waals surface area contributed by atoms with Gasteiger partial charge >= 0.3 is 0 Å². The maximum absolute atomic E-state index is 11.2. The van der Waals surface area contributed by atoms with Crippen LogP contribution in [-0.4, -0.2) is 51.8 Å². The third-order valence-electron chi connectivity index (χ3n) is 5.24. The van der Waals surface area contributed by atoms with E-state index < -0.39 is 0 Å². The van der Waals surface area contributed by atoms with Crippen LogP contribution in [0.25, 0.3) is 0 Å². The number of hydrogen-bond donors (Lipinski definition) is 3. The van der Waals surface area contributed by atoms with Crippen LogP contribution < -0.4 is 20.7 Å². The quantitative estimate of drug-likeness (QED) is 0.175. The zero-order valence-electron chi connectivity index (χ0n) is 18.5. The third-order valence-corrected chi connectivity index (χ3v) is 5.24. The summed E-state index contributed by atoms with van der Waals surface area (Å²) in [6, 6.07) is 7.40. The van der Waals surface area contributed by atoms with Crippen LogP contribution >= 0.6 is 24.0 Å². The molecule has 0 aromatic heterocycles.